The highest BCUT2D eigenvalue weighted by atomic mass is 19.1. The Bertz CT molecular complexity index is 492. The molecule has 0 amide bonds. The monoisotopic (exact) mass is 216 g/mol. The molecule has 0 aliphatic carbocycles. The molecule has 0 saturated heterocycles. The maximum atomic E-state index is 13.2. The molecule has 0 aromatic heterocycles. The van der Waals surface area contributed by atoms with E-state index in [1.165, 1.54) is 11.6 Å². The van der Waals surface area contributed by atoms with Crippen LogP contribution in [0.1, 0.15) is 5.56 Å². The third-order valence-corrected chi connectivity index (χ3v) is 2.34. The first-order valence-electron chi connectivity index (χ1n) is 5.04. The molecule has 0 bridgehead atoms. The van der Waals surface area contributed by atoms with Gasteiger partial charge in [-0.05, 0) is 37.3 Å². The van der Waals surface area contributed by atoms with Crippen molar-refractivity contribution in [2.75, 3.05) is 11.1 Å². The summed E-state index contributed by atoms with van der Waals surface area (Å²) in [5, 5.41) is 3.10. The molecule has 0 atom stereocenters. The van der Waals surface area contributed by atoms with Crippen molar-refractivity contribution in [1.29, 1.82) is 0 Å². The van der Waals surface area contributed by atoms with Crippen molar-refractivity contribution in [3.63, 3.8) is 0 Å². The van der Waals surface area contributed by atoms with Crippen LogP contribution in [0.4, 0.5) is 21.5 Å². The van der Waals surface area contributed by atoms with Crippen LogP contribution in [0.5, 0.6) is 0 Å². The topological polar surface area (TPSA) is 38.0 Å². The van der Waals surface area contributed by atoms with Gasteiger partial charge in [-0.15, -0.1) is 0 Å². The Labute approximate surface area is 93.9 Å². The van der Waals surface area contributed by atoms with Crippen molar-refractivity contribution in [2.24, 2.45) is 0 Å². The van der Waals surface area contributed by atoms with Gasteiger partial charge in [-0.3, -0.25) is 0 Å². The van der Waals surface area contributed by atoms with E-state index in [0.29, 0.717) is 5.69 Å². The zero-order valence-electron chi connectivity index (χ0n) is 9.00. The minimum Gasteiger partial charge on any atom is -0.396 e. The van der Waals surface area contributed by atoms with Gasteiger partial charge in [0.2, 0.25) is 0 Å². The smallest absolute Gasteiger partial charge is 0.148 e. The van der Waals surface area contributed by atoms with Gasteiger partial charge in [0.25, 0.3) is 0 Å². The number of aryl methyl sites for hydroxylation is 1. The first-order chi connectivity index (χ1) is 7.65. The lowest BCUT2D eigenvalue weighted by atomic mass is 10.2. The molecule has 3 N–H and O–H groups in total. The summed E-state index contributed by atoms with van der Waals surface area (Å²) in [5.41, 5.74) is 8.37. The van der Waals surface area contributed by atoms with Crippen LogP contribution in [-0.2, 0) is 0 Å². The molecule has 2 nitrogen and oxygen atoms in total. The predicted molar refractivity (Wildman–Crippen MR) is 65.3 cm³/mol. The maximum Gasteiger partial charge on any atom is 0.148 e. The van der Waals surface area contributed by atoms with Gasteiger partial charge in [-0.1, -0.05) is 17.7 Å². The summed E-state index contributed by atoms with van der Waals surface area (Å²) in [6.07, 6.45) is 0. The Balaban J connectivity index is 2.20. The number of nitrogens with two attached hydrogens (primary N) is 1. The van der Waals surface area contributed by atoms with Crippen molar-refractivity contribution in [2.45, 2.75) is 6.92 Å². The van der Waals surface area contributed by atoms with Gasteiger partial charge in [0.05, 0.1) is 5.69 Å². The second kappa shape index (κ2) is 4.23. The van der Waals surface area contributed by atoms with Gasteiger partial charge < -0.3 is 11.1 Å². The quantitative estimate of drug-likeness (QED) is 0.754. The number of rotatable bonds is 2. The standard InChI is InChI=1S/C13H13FN2/c1-9-2-4-10(5-3-9)16-11-6-7-13(15)12(14)8-11/h2-8,16H,15H2,1H3. The number of hydrogen-bond acceptors (Lipinski definition) is 2. The zero-order valence-corrected chi connectivity index (χ0v) is 9.00. The molecule has 0 radical (unpaired) electrons. The molecule has 3 heteroatoms. The van der Waals surface area contributed by atoms with Crippen LogP contribution in [0.2, 0.25) is 0 Å². The zero-order chi connectivity index (χ0) is 11.5. The Morgan fingerprint density at radius 1 is 1.00 bits per heavy atom. The lowest BCUT2D eigenvalue weighted by Crippen LogP contribution is -1.94. The highest BCUT2D eigenvalue weighted by molar-refractivity contribution is 5.62. The van der Waals surface area contributed by atoms with E-state index in [9.17, 15) is 4.39 Å². The van der Waals surface area contributed by atoms with Crippen LogP contribution in [0, 0.1) is 12.7 Å². The normalized spacial score (nSPS) is 10.1. The molecule has 0 unspecified atom stereocenters. The molecule has 0 aliphatic heterocycles. The number of anilines is 3. The molecule has 0 fully saturated rings. The summed E-state index contributed by atoms with van der Waals surface area (Å²) < 4.78 is 13.2. The second-order valence-corrected chi connectivity index (χ2v) is 3.73. The van der Waals surface area contributed by atoms with Crippen LogP contribution in [0.3, 0.4) is 0 Å². The van der Waals surface area contributed by atoms with Gasteiger partial charge >= 0.3 is 0 Å². The Morgan fingerprint density at radius 2 is 1.62 bits per heavy atom. The van der Waals surface area contributed by atoms with Crippen molar-refractivity contribution in [1.82, 2.24) is 0 Å². The van der Waals surface area contributed by atoms with E-state index >= 15 is 0 Å². The fourth-order valence-corrected chi connectivity index (χ4v) is 1.41. The molecule has 2 rings (SSSR count). The number of benzene rings is 2. The van der Waals surface area contributed by atoms with Gasteiger partial charge in [0.15, 0.2) is 0 Å². The van der Waals surface area contributed by atoms with Crippen LogP contribution in [0.15, 0.2) is 42.5 Å². The Kier molecular flexibility index (Phi) is 2.77. The molecule has 0 aliphatic rings. The van der Waals surface area contributed by atoms with Crippen molar-refractivity contribution in [3.05, 3.63) is 53.8 Å². The maximum absolute atomic E-state index is 13.2. The van der Waals surface area contributed by atoms with Crippen LogP contribution in [-0.4, -0.2) is 0 Å². The molecule has 2 aromatic carbocycles. The van der Waals surface area contributed by atoms with Crippen LogP contribution in [0.25, 0.3) is 0 Å². The molecule has 16 heavy (non-hydrogen) atoms. The minimum atomic E-state index is -0.405. The summed E-state index contributed by atoms with van der Waals surface area (Å²) in [7, 11) is 0. The lowest BCUT2D eigenvalue weighted by molar-refractivity contribution is 0.633. The summed E-state index contributed by atoms with van der Waals surface area (Å²) in [6, 6.07) is 12.6. The predicted octanol–water partition coefficient (Wildman–Crippen LogP) is 3.46. The fourth-order valence-electron chi connectivity index (χ4n) is 1.41. The van der Waals surface area contributed by atoms with Gasteiger partial charge in [0, 0.05) is 11.4 Å². The van der Waals surface area contributed by atoms with E-state index < -0.39 is 5.82 Å². The fraction of sp³-hybridized carbons (Fsp3) is 0.0769. The van der Waals surface area contributed by atoms with Gasteiger partial charge in [0.1, 0.15) is 5.82 Å². The van der Waals surface area contributed by atoms with E-state index in [0.717, 1.165) is 5.69 Å². The first-order valence-corrected chi connectivity index (χ1v) is 5.04. The van der Waals surface area contributed by atoms with E-state index in [1.807, 2.05) is 31.2 Å². The summed E-state index contributed by atoms with van der Waals surface area (Å²) >= 11 is 0. The molecular formula is C13H13FN2. The van der Waals surface area contributed by atoms with Crippen LogP contribution >= 0.6 is 0 Å². The van der Waals surface area contributed by atoms with E-state index in [2.05, 4.69) is 5.32 Å². The SMILES string of the molecule is Cc1ccc(Nc2ccc(N)c(F)c2)cc1. The highest BCUT2D eigenvalue weighted by Gasteiger charge is 2.00. The second-order valence-electron chi connectivity index (χ2n) is 3.73. The van der Waals surface area contributed by atoms with Crippen molar-refractivity contribution in [3.8, 4) is 0 Å². The Morgan fingerprint density at radius 3 is 2.25 bits per heavy atom. The lowest BCUT2D eigenvalue weighted by Gasteiger charge is -2.07. The molecule has 0 saturated carbocycles. The van der Waals surface area contributed by atoms with E-state index in [1.54, 1.807) is 12.1 Å². The highest BCUT2D eigenvalue weighted by Crippen LogP contribution is 2.20. The van der Waals surface area contributed by atoms with Gasteiger partial charge in [-0.2, -0.15) is 0 Å². The average Bonchev–Trinajstić information content (AvgIpc) is 2.27. The molecule has 2 aromatic rings. The minimum absolute atomic E-state index is 0.162. The summed E-state index contributed by atoms with van der Waals surface area (Å²) in [6.45, 7) is 2.02. The molecular weight excluding hydrogens is 203 g/mol. The molecule has 0 spiro atoms. The number of hydrogen-bond donors (Lipinski definition) is 2. The molecule has 0 heterocycles. The number of nitrogen functional groups attached to an aromatic ring is 1. The van der Waals surface area contributed by atoms with Gasteiger partial charge in [-0.25, -0.2) is 4.39 Å². The largest absolute Gasteiger partial charge is 0.396 e. The number of nitrogens with one attached hydrogen (secondary N) is 1. The average molecular weight is 216 g/mol. The molecule has 82 valence electrons. The summed E-state index contributed by atoms with van der Waals surface area (Å²) in [4.78, 5) is 0. The van der Waals surface area contributed by atoms with Crippen LogP contribution < -0.4 is 11.1 Å². The van der Waals surface area contributed by atoms with Crippen molar-refractivity contribution < 1.29 is 4.39 Å². The Hall–Kier alpha value is -2.03. The van der Waals surface area contributed by atoms with E-state index in [4.69, 9.17) is 5.73 Å². The number of halogens is 1. The third-order valence-electron chi connectivity index (χ3n) is 2.34. The van der Waals surface area contributed by atoms with Crippen molar-refractivity contribution >= 4 is 17.1 Å². The third kappa shape index (κ3) is 2.31. The summed E-state index contributed by atoms with van der Waals surface area (Å²) in [5.74, 6) is -0.405. The van der Waals surface area contributed by atoms with E-state index in [-0.39, 0.29) is 5.69 Å². The first kappa shape index (κ1) is 10.5.